The number of carbonyl (C=O) groups excluding carboxylic acids is 1. The molecule has 10 heteroatoms. The van der Waals surface area contributed by atoms with Crippen LogP contribution in [-0.2, 0) is 27.1 Å². The monoisotopic (exact) mass is 381 g/mol. The molecule has 1 unspecified atom stereocenters. The lowest BCUT2D eigenvalue weighted by Crippen LogP contribution is -2.72. The van der Waals surface area contributed by atoms with Gasteiger partial charge in [0.25, 0.3) is 6.09 Å². The fourth-order valence-electron chi connectivity index (χ4n) is 3.22. The van der Waals surface area contributed by atoms with Gasteiger partial charge >= 0.3 is 16.5 Å². The van der Waals surface area contributed by atoms with Gasteiger partial charge in [0.1, 0.15) is 18.2 Å². The van der Waals surface area contributed by atoms with Crippen LogP contribution < -0.4 is 5.11 Å². The number of quaternary nitrogens is 1. The Kier molecular flexibility index (Phi) is 4.69. The lowest BCUT2D eigenvalue weighted by molar-refractivity contribution is -0.824. The number of nitrogens with zero attached hydrogens (tertiary/aromatic N) is 1. The predicted molar refractivity (Wildman–Crippen MR) is 79.2 cm³/mol. The fraction of sp³-hybridized carbons (Fsp3) is 0.533. The highest BCUT2D eigenvalue weighted by Gasteiger charge is 2.64. The van der Waals surface area contributed by atoms with Crippen molar-refractivity contribution in [3.8, 4) is 0 Å². The molecule has 0 radical (unpaired) electrons. The van der Waals surface area contributed by atoms with Crippen LogP contribution in [0.25, 0.3) is 0 Å². The normalized spacial score (nSPS) is 26.6. The van der Waals surface area contributed by atoms with E-state index >= 15 is 0 Å². The van der Waals surface area contributed by atoms with E-state index in [1.165, 1.54) is 32.9 Å². The van der Waals surface area contributed by atoms with Crippen molar-refractivity contribution in [1.29, 1.82) is 0 Å². The second kappa shape index (κ2) is 5.96. The van der Waals surface area contributed by atoms with Crippen LogP contribution in [0.2, 0.25) is 0 Å². The quantitative estimate of drug-likeness (QED) is 0.730. The van der Waals surface area contributed by atoms with Crippen LogP contribution >= 0.6 is 0 Å². The summed E-state index contributed by atoms with van der Waals surface area (Å²) in [6, 6.07) is 3.07. The van der Waals surface area contributed by atoms with Crippen molar-refractivity contribution in [2.45, 2.75) is 44.9 Å². The molecule has 1 saturated heterocycles. The number of alkyl halides is 3. The zero-order chi connectivity index (χ0) is 19.3. The first kappa shape index (κ1) is 19.7. The van der Waals surface area contributed by atoms with Crippen molar-refractivity contribution in [3.05, 3.63) is 35.4 Å². The van der Waals surface area contributed by atoms with Crippen molar-refractivity contribution in [3.63, 3.8) is 0 Å². The number of amides is 1. The van der Waals surface area contributed by atoms with Crippen LogP contribution in [0.15, 0.2) is 24.3 Å². The first-order chi connectivity index (χ1) is 11.2. The molecular formula is C15H18F3NO5S. The van der Waals surface area contributed by atoms with Gasteiger partial charge in [0.15, 0.2) is 0 Å². The van der Waals surface area contributed by atoms with Crippen LogP contribution in [-0.4, -0.2) is 36.6 Å². The van der Waals surface area contributed by atoms with E-state index < -0.39 is 50.2 Å². The Morgan fingerprint density at radius 2 is 1.76 bits per heavy atom. The SMILES string of the molecule is CC(C)(C)[N+]1(C(=O)[O-])[C@@H](Cc2ccc(C(F)(F)F)cc2)COS1(=O)=O. The highest BCUT2D eigenvalue weighted by atomic mass is 32.2. The van der Waals surface area contributed by atoms with E-state index in [9.17, 15) is 31.5 Å². The minimum absolute atomic E-state index is 0.0946. The lowest BCUT2D eigenvalue weighted by atomic mass is 9.98. The van der Waals surface area contributed by atoms with Gasteiger partial charge in [-0.05, 0) is 38.5 Å². The average molecular weight is 381 g/mol. The minimum atomic E-state index is -4.51. The molecule has 1 heterocycles. The van der Waals surface area contributed by atoms with Gasteiger partial charge in [-0.2, -0.15) is 13.2 Å². The van der Waals surface area contributed by atoms with Crippen molar-refractivity contribution in [2.75, 3.05) is 6.61 Å². The molecule has 0 N–H and O–H groups in total. The standard InChI is InChI=1S/C15H18F3NO5S/c1-14(2,3)19(13(20)21)12(9-24-25(19,22)23)8-10-4-6-11(7-5-10)15(16,17)18/h4-7,12H,8-9H2,1-3H3/t12-,19?/m0/s1. The molecule has 1 aliphatic rings. The van der Waals surface area contributed by atoms with E-state index in [4.69, 9.17) is 4.18 Å². The summed E-state index contributed by atoms with van der Waals surface area (Å²) in [4.78, 5) is 11.8. The molecule has 1 amide bonds. The van der Waals surface area contributed by atoms with Gasteiger partial charge in [-0.3, -0.25) is 0 Å². The van der Waals surface area contributed by atoms with E-state index in [1.54, 1.807) is 0 Å². The Morgan fingerprint density at radius 3 is 2.16 bits per heavy atom. The summed E-state index contributed by atoms with van der Waals surface area (Å²) in [7, 11) is -4.51. The first-order valence-electron chi connectivity index (χ1n) is 7.39. The molecule has 6 nitrogen and oxygen atoms in total. The molecule has 0 aliphatic carbocycles. The first-order valence-corrected chi connectivity index (χ1v) is 8.76. The summed E-state index contributed by atoms with van der Waals surface area (Å²) in [5, 5.41) is 11.8. The maximum atomic E-state index is 12.6. The number of halogens is 3. The highest BCUT2D eigenvalue weighted by Crippen LogP contribution is 2.40. The van der Waals surface area contributed by atoms with E-state index in [0.29, 0.717) is 5.56 Å². The van der Waals surface area contributed by atoms with Gasteiger partial charge < -0.3 is 9.90 Å². The van der Waals surface area contributed by atoms with Crippen molar-refractivity contribution < 1.29 is 39.6 Å². The number of carboxylic acid groups (broad SMARTS) is 1. The summed E-state index contributed by atoms with van der Waals surface area (Å²) >= 11 is 0. The minimum Gasteiger partial charge on any atom is -0.497 e. The maximum absolute atomic E-state index is 12.6. The second-order valence-electron chi connectivity index (χ2n) is 6.86. The van der Waals surface area contributed by atoms with Gasteiger partial charge in [-0.1, -0.05) is 12.1 Å². The summed E-state index contributed by atoms with van der Waals surface area (Å²) in [5.74, 6) is 0. The molecule has 0 aromatic heterocycles. The molecule has 1 aliphatic heterocycles. The van der Waals surface area contributed by atoms with Gasteiger partial charge in [0.05, 0.1) is 5.56 Å². The van der Waals surface area contributed by atoms with E-state index in [0.717, 1.165) is 12.1 Å². The molecule has 1 aromatic carbocycles. The fourth-order valence-corrected chi connectivity index (χ4v) is 5.07. The van der Waals surface area contributed by atoms with Crippen LogP contribution in [0.3, 0.4) is 0 Å². The number of benzene rings is 1. The maximum Gasteiger partial charge on any atom is 0.442 e. The Balaban J connectivity index is 2.43. The van der Waals surface area contributed by atoms with Crippen molar-refractivity contribution in [2.24, 2.45) is 0 Å². The molecule has 2 atom stereocenters. The van der Waals surface area contributed by atoms with Crippen molar-refractivity contribution >= 4 is 16.4 Å². The Hall–Kier alpha value is -1.65. The van der Waals surface area contributed by atoms with Gasteiger partial charge in [-0.25, -0.2) is 4.18 Å². The molecule has 25 heavy (non-hydrogen) atoms. The van der Waals surface area contributed by atoms with Crippen LogP contribution in [0.5, 0.6) is 0 Å². The largest absolute Gasteiger partial charge is 0.497 e. The summed E-state index contributed by atoms with van der Waals surface area (Å²) < 4.78 is 65.9. The van der Waals surface area contributed by atoms with Crippen LogP contribution in [0.1, 0.15) is 31.9 Å². The molecule has 1 aromatic rings. The second-order valence-corrected chi connectivity index (χ2v) is 8.53. The molecule has 2 rings (SSSR count). The number of hydrogen-bond acceptors (Lipinski definition) is 5. The van der Waals surface area contributed by atoms with Gasteiger partial charge in [0.2, 0.25) is 0 Å². The third-order valence-corrected chi connectivity index (χ3v) is 6.43. The van der Waals surface area contributed by atoms with Crippen LogP contribution in [0.4, 0.5) is 18.0 Å². The van der Waals surface area contributed by atoms with Crippen molar-refractivity contribution in [1.82, 2.24) is 0 Å². The lowest BCUT2D eigenvalue weighted by Gasteiger charge is -2.44. The van der Waals surface area contributed by atoms with Gasteiger partial charge in [0, 0.05) is 6.42 Å². The van der Waals surface area contributed by atoms with Crippen LogP contribution in [0, 0.1) is 0 Å². The molecule has 0 saturated carbocycles. The summed E-state index contributed by atoms with van der Waals surface area (Å²) in [6.45, 7) is 3.88. The smallest absolute Gasteiger partial charge is 0.442 e. The highest BCUT2D eigenvalue weighted by molar-refractivity contribution is 7.81. The third-order valence-electron chi connectivity index (χ3n) is 4.30. The Bertz CT molecular complexity index is 768. The third kappa shape index (κ3) is 3.13. The molecular weight excluding hydrogens is 363 g/mol. The molecule has 0 spiro atoms. The number of hydrogen-bond donors (Lipinski definition) is 0. The Morgan fingerprint density at radius 1 is 1.24 bits per heavy atom. The van der Waals surface area contributed by atoms with E-state index in [1.807, 2.05) is 0 Å². The number of rotatable bonds is 2. The average Bonchev–Trinajstić information content (AvgIpc) is 2.69. The Labute approximate surface area is 143 Å². The zero-order valence-corrected chi connectivity index (χ0v) is 14.6. The zero-order valence-electron chi connectivity index (χ0n) is 13.8. The summed E-state index contributed by atoms with van der Waals surface area (Å²) in [5.41, 5.74) is -1.78. The molecule has 140 valence electrons. The van der Waals surface area contributed by atoms with E-state index in [-0.39, 0.29) is 6.42 Å². The molecule has 1 fully saturated rings. The van der Waals surface area contributed by atoms with E-state index in [2.05, 4.69) is 0 Å². The summed E-state index contributed by atoms with van der Waals surface area (Å²) in [6.07, 6.45) is -6.42. The topological polar surface area (TPSA) is 83.5 Å². The van der Waals surface area contributed by atoms with Gasteiger partial charge in [-0.15, -0.1) is 12.3 Å². The predicted octanol–water partition coefficient (Wildman–Crippen LogP) is 1.85. The number of carbonyl (C=O) groups is 1. The molecule has 0 bridgehead atoms.